The second-order valence-electron chi connectivity index (χ2n) is 7.28. The zero-order valence-corrected chi connectivity index (χ0v) is 16.2. The lowest BCUT2D eigenvalue weighted by Gasteiger charge is -2.14. The van der Waals surface area contributed by atoms with Gasteiger partial charge in [-0.15, -0.1) is 5.10 Å². The molecule has 2 aliphatic rings. The monoisotopic (exact) mass is 389 g/mol. The third kappa shape index (κ3) is 4.13. The van der Waals surface area contributed by atoms with Crippen molar-refractivity contribution in [2.75, 3.05) is 11.9 Å². The maximum absolute atomic E-state index is 13.4. The summed E-state index contributed by atoms with van der Waals surface area (Å²) in [6.45, 7) is 6.36. The number of hydrogen-bond acceptors (Lipinski definition) is 5. The SMILES string of the molecule is CC(C)C1CCc2nc(C(N)=O)nn21.Cc1cc(F)c2c(c1)OCCC(=O)N2. The van der Waals surface area contributed by atoms with Gasteiger partial charge in [-0.25, -0.2) is 14.1 Å². The first-order valence-electron chi connectivity index (χ1n) is 9.24. The molecule has 8 nitrogen and oxygen atoms in total. The Bertz CT molecular complexity index is 909. The number of anilines is 1. The number of primary amides is 1. The molecule has 0 bridgehead atoms. The number of nitrogens with one attached hydrogen (secondary N) is 1. The summed E-state index contributed by atoms with van der Waals surface area (Å²) < 4.78 is 20.5. The maximum atomic E-state index is 13.4. The summed E-state index contributed by atoms with van der Waals surface area (Å²) in [6.07, 6.45) is 2.21. The van der Waals surface area contributed by atoms with Gasteiger partial charge in [0.05, 0.1) is 19.1 Å². The quantitative estimate of drug-likeness (QED) is 0.819. The van der Waals surface area contributed by atoms with Crippen molar-refractivity contribution in [2.45, 2.75) is 46.1 Å². The fourth-order valence-corrected chi connectivity index (χ4v) is 3.31. The van der Waals surface area contributed by atoms with Gasteiger partial charge in [-0.2, -0.15) is 0 Å². The molecule has 0 spiro atoms. The molecule has 0 aliphatic carbocycles. The molecule has 0 fully saturated rings. The van der Waals surface area contributed by atoms with Crippen molar-refractivity contribution in [3.05, 3.63) is 35.2 Å². The van der Waals surface area contributed by atoms with Crippen LogP contribution in [0.5, 0.6) is 5.75 Å². The van der Waals surface area contributed by atoms with Gasteiger partial charge in [0.2, 0.25) is 11.7 Å². The Morgan fingerprint density at radius 3 is 2.82 bits per heavy atom. The summed E-state index contributed by atoms with van der Waals surface area (Å²) in [5, 5.41) is 6.60. The average molecular weight is 389 g/mol. The minimum absolute atomic E-state index is 0.144. The first kappa shape index (κ1) is 19.8. The van der Waals surface area contributed by atoms with E-state index in [9.17, 15) is 14.0 Å². The van der Waals surface area contributed by atoms with Gasteiger partial charge in [-0.3, -0.25) is 9.59 Å². The number of aryl methyl sites for hydroxylation is 2. The third-order valence-electron chi connectivity index (χ3n) is 4.72. The van der Waals surface area contributed by atoms with E-state index in [1.54, 1.807) is 13.0 Å². The second kappa shape index (κ2) is 7.95. The van der Waals surface area contributed by atoms with Gasteiger partial charge in [0, 0.05) is 6.42 Å². The van der Waals surface area contributed by atoms with E-state index in [1.165, 1.54) is 6.07 Å². The fourth-order valence-electron chi connectivity index (χ4n) is 3.31. The van der Waals surface area contributed by atoms with Crippen LogP contribution in [0.2, 0.25) is 0 Å². The van der Waals surface area contributed by atoms with Crippen LogP contribution in [-0.4, -0.2) is 33.2 Å². The number of nitrogens with two attached hydrogens (primary N) is 1. The summed E-state index contributed by atoms with van der Waals surface area (Å²) in [5.41, 5.74) is 6.05. The Labute approximate surface area is 162 Å². The number of hydrogen-bond donors (Lipinski definition) is 2. The van der Waals surface area contributed by atoms with E-state index in [-0.39, 0.29) is 23.8 Å². The Morgan fingerprint density at radius 2 is 2.14 bits per heavy atom. The van der Waals surface area contributed by atoms with Gasteiger partial charge < -0.3 is 15.8 Å². The minimum Gasteiger partial charge on any atom is -0.491 e. The molecule has 1 atom stereocenters. The zero-order chi connectivity index (χ0) is 20.4. The number of ether oxygens (including phenoxy) is 1. The van der Waals surface area contributed by atoms with Gasteiger partial charge in [0.25, 0.3) is 5.91 Å². The summed E-state index contributed by atoms with van der Waals surface area (Å²) in [7, 11) is 0. The fraction of sp³-hybridized carbons (Fsp3) is 0.474. The lowest BCUT2D eigenvalue weighted by molar-refractivity contribution is -0.116. The molecule has 9 heteroatoms. The molecule has 1 unspecified atom stereocenters. The van der Waals surface area contributed by atoms with Crippen LogP contribution in [0.4, 0.5) is 10.1 Å². The molecule has 0 radical (unpaired) electrons. The highest BCUT2D eigenvalue weighted by molar-refractivity contribution is 5.93. The van der Waals surface area contributed by atoms with Crippen molar-refractivity contribution in [1.29, 1.82) is 0 Å². The van der Waals surface area contributed by atoms with Crippen molar-refractivity contribution in [3.8, 4) is 5.75 Å². The number of rotatable bonds is 2. The molecule has 150 valence electrons. The Hall–Kier alpha value is -2.97. The topological polar surface area (TPSA) is 112 Å². The van der Waals surface area contributed by atoms with E-state index < -0.39 is 11.7 Å². The van der Waals surface area contributed by atoms with Crippen molar-refractivity contribution in [3.63, 3.8) is 0 Å². The number of nitrogens with zero attached hydrogens (tertiary/aromatic N) is 3. The second-order valence-corrected chi connectivity index (χ2v) is 7.28. The number of aromatic nitrogens is 3. The molecule has 2 aromatic rings. The Morgan fingerprint density at radius 1 is 1.39 bits per heavy atom. The molecule has 0 saturated heterocycles. The molecular weight excluding hydrogens is 365 g/mol. The van der Waals surface area contributed by atoms with Crippen LogP contribution in [-0.2, 0) is 11.2 Å². The molecule has 2 amide bonds. The smallest absolute Gasteiger partial charge is 0.288 e. The number of carbonyl (C=O) groups is 2. The van der Waals surface area contributed by atoms with Crippen molar-refractivity contribution < 1.29 is 18.7 Å². The molecule has 3 N–H and O–H groups in total. The summed E-state index contributed by atoms with van der Waals surface area (Å²) in [5.74, 6) is 0.742. The van der Waals surface area contributed by atoms with Gasteiger partial charge in [-0.05, 0) is 37.0 Å². The van der Waals surface area contributed by atoms with Gasteiger partial charge in [0.1, 0.15) is 17.3 Å². The van der Waals surface area contributed by atoms with Gasteiger partial charge >= 0.3 is 0 Å². The Balaban J connectivity index is 0.000000161. The van der Waals surface area contributed by atoms with E-state index in [4.69, 9.17) is 10.5 Å². The predicted molar refractivity (Wildman–Crippen MR) is 101 cm³/mol. The number of amides is 2. The van der Waals surface area contributed by atoms with Gasteiger partial charge in [0.15, 0.2) is 5.82 Å². The van der Waals surface area contributed by atoms with Crippen LogP contribution < -0.4 is 15.8 Å². The standard InChI is InChI=1S/C10H10FNO2.C9H14N4O/c1-6-4-7(11)10-8(5-6)14-3-2-9(13)12-10;1-5(2)6-3-4-7-11-9(8(10)14)12-13(6)7/h4-5H,2-3H2,1H3,(H,12,13);5-6H,3-4H2,1-2H3,(H2,10,14). The lowest BCUT2D eigenvalue weighted by Crippen LogP contribution is -2.16. The van der Waals surface area contributed by atoms with E-state index in [1.807, 2.05) is 4.68 Å². The van der Waals surface area contributed by atoms with E-state index in [0.717, 1.165) is 24.2 Å². The highest BCUT2D eigenvalue weighted by Gasteiger charge is 2.28. The van der Waals surface area contributed by atoms with Crippen LogP contribution in [0.1, 0.15) is 54.7 Å². The molecule has 28 heavy (non-hydrogen) atoms. The number of benzene rings is 1. The van der Waals surface area contributed by atoms with Crippen molar-refractivity contribution in [2.24, 2.45) is 11.7 Å². The molecule has 0 saturated carbocycles. The Kier molecular flexibility index (Phi) is 5.62. The zero-order valence-electron chi connectivity index (χ0n) is 16.2. The minimum atomic E-state index is -0.547. The van der Waals surface area contributed by atoms with E-state index in [2.05, 4.69) is 29.2 Å². The summed E-state index contributed by atoms with van der Waals surface area (Å²) >= 11 is 0. The first-order valence-corrected chi connectivity index (χ1v) is 9.24. The molecular formula is C19H24FN5O3. The average Bonchev–Trinajstić information content (AvgIpc) is 3.13. The largest absolute Gasteiger partial charge is 0.491 e. The van der Waals surface area contributed by atoms with Crippen LogP contribution in [0.25, 0.3) is 0 Å². The van der Waals surface area contributed by atoms with Crippen molar-refractivity contribution in [1.82, 2.24) is 14.8 Å². The molecule has 1 aromatic carbocycles. The highest BCUT2D eigenvalue weighted by atomic mass is 19.1. The normalized spacial score (nSPS) is 17.6. The first-order chi connectivity index (χ1) is 13.3. The maximum Gasteiger partial charge on any atom is 0.288 e. The predicted octanol–water partition coefficient (Wildman–Crippen LogP) is 2.38. The summed E-state index contributed by atoms with van der Waals surface area (Å²) in [4.78, 5) is 26.1. The molecule has 4 rings (SSSR count). The number of halogens is 1. The van der Waals surface area contributed by atoms with Crippen molar-refractivity contribution >= 4 is 17.5 Å². The third-order valence-corrected chi connectivity index (χ3v) is 4.72. The van der Waals surface area contributed by atoms with Crippen LogP contribution in [0.15, 0.2) is 12.1 Å². The van der Waals surface area contributed by atoms with Crippen LogP contribution >= 0.6 is 0 Å². The van der Waals surface area contributed by atoms with E-state index >= 15 is 0 Å². The summed E-state index contributed by atoms with van der Waals surface area (Å²) in [6, 6.07) is 3.45. The lowest BCUT2D eigenvalue weighted by atomic mass is 10.0. The van der Waals surface area contributed by atoms with Crippen LogP contribution in [0.3, 0.4) is 0 Å². The van der Waals surface area contributed by atoms with Gasteiger partial charge in [-0.1, -0.05) is 13.8 Å². The highest BCUT2D eigenvalue weighted by Crippen LogP contribution is 2.31. The molecule has 2 aliphatic heterocycles. The molecule has 1 aromatic heterocycles. The van der Waals surface area contributed by atoms with E-state index in [0.29, 0.717) is 24.3 Å². The number of carbonyl (C=O) groups excluding carboxylic acids is 2. The number of fused-ring (bicyclic) bond motifs is 2. The molecule has 3 heterocycles. The van der Waals surface area contributed by atoms with Crippen LogP contribution in [0, 0.1) is 18.7 Å².